The number of halogens is 1. The minimum Gasteiger partial charge on any atom is -0.468 e. The molecule has 9 heteroatoms. The fourth-order valence-corrected chi connectivity index (χ4v) is 5.54. The van der Waals surface area contributed by atoms with Crippen molar-refractivity contribution in [3.05, 3.63) is 34.9 Å². The van der Waals surface area contributed by atoms with E-state index in [1.54, 1.807) is 6.07 Å². The second-order valence-electron chi connectivity index (χ2n) is 9.26. The van der Waals surface area contributed by atoms with Crippen molar-refractivity contribution in [1.29, 1.82) is 0 Å². The van der Waals surface area contributed by atoms with Gasteiger partial charge in [0.1, 0.15) is 11.6 Å². The van der Waals surface area contributed by atoms with Gasteiger partial charge in [0.15, 0.2) is 0 Å². The quantitative estimate of drug-likeness (QED) is 0.519. The monoisotopic (exact) mass is 476 g/mol. The third kappa shape index (κ3) is 5.03. The van der Waals surface area contributed by atoms with Crippen molar-refractivity contribution in [1.82, 2.24) is 20.0 Å². The summed E-state index contributed by atoms with van der Waals surface area (Å²) in [5, 5.41) is 3.56. The molecule has 0 bridgehead atoms. The number of benzene rings is 1. The van der Waals surface area contributed by atoms with Gasteiger partial charge in [0, 0.05) is 31.2 Å². The molecule has 3 amide bonds. The van der Waals surface area contributed by atoms with Crippen molar-refractivity contribution in [2.24, 2.45) is 0 Å². The van der Waals surface area contributed by atoms with E-state index < -0.39 is 11.6 Å². The average Bonchev–Trinajstić information content (AvgIpc) is 3.03. The van der Waals surface area contributed by atoms with E-state index >= 15 is 0 Å². The van der Waals surface area contributed by atoms with Crippen LogP contribution in [0.2, 0.25) is 5.02 Å². The van der Waals surface area contributed by atoms with Crippen molar-refractivity contribution >= 4 is 29.5 Å². The number of imide groups is 1. The molecule has 4 rings (SSSR count). The van der Waals surface area contributed by atoms with Gasteiger partial charge in [0.05, 0.1) is 13.8 Å². The molecular formula is C24H33ClN4O4. The van der Waals surface area contributed by atoms with Crippen LogP contribution in [0.4, 0.5) is 4.79 Å². The molecule has 2 saturated heterocycles. The van der Waals surface area contributed by atoms with Gasteiger partial charge in [-0.25, -0.2) is 14.5 Å². The van der Waals surface area contributed by atoms with E-state index in [1.807, 2.05) is 23.1 Å². The summed E-state index contributed by atoms with van der Waals surface area (Å²) in [5.41, 5.74) is -0.000827. The molecule has 3 aliphatic rings. The molecule has 1 saturated carbocycles. The maximum absolute atomic E-state index is 13.3. The molecule has 2 aliphatic heterocycles. The Kier molecular flexibility index (Phi) is 7.56. The molecule has 0 aromatic heterocycles. The van der Waals surface area contributed by atoms with E-state index in [2.05, 4.69) is 10.2 Å². The van der Waals surface area contributed by atoms with E-state index in [1.165, 1.54) is 18.4 Å². The standard InChI is InChI=1S/C24H33ClN4O4/c1-33-21(30)20(18-9-5-6-10-19(18)25)28-15-13-27(14-16-28)17-29-22(31)24(26-23(29)32)11-7-3-2-4-8-12-24/h5-6,9-10,20H,2-4,7-8,11-17H2,1H3,(H,26,32)/t20-/m1/s1. The predicted molar refractivity (Wildman–Crippen MR) is 125 cm³/mol. The Morgan fingerprint density at radius 1 is 1.06 bits per heavy atom. The molecule has 3 fully saturated rings. The Morgan fingerprint density at radius 2 is 1.70 bits per heavy atom. The summed E-state index contributed by atoms with van der Waals surface area (Å²) in [6, 6.07) is 6.44. The van der Waals surface area contributed by atoms with Gasteiger partial charge in [-0.05, 0) is 24.5 Å². The van der Waals surface area contributed by atoms with E-state index in [-0.39, 0.29) is 24.6 Å². The fraction of sp³-hybridized carbons (Fsp3) is 0.625. The molecule has 1 aromatic rings. The number of nitrogens with one attached hydrogen (secondary N) is 1. The third-order valence-corrected chi connectivity index (χ3v) is 7.53. The van der Waals surface area contributed by atoms with Crippen LogP contribution in [0.15, 0.2) is 24.3 Å². The number of hydrogen-bond donors (Lipinski definition) is 1. The van der Waals surface area contributed by atoms with Crippen molar-refractivity contribution in [2.75, 3.05) is 40.0 Å². The largest absolute Gasteiger partial charge is 0.468 e. The molecule has 1 spiro atoms. The van der Waals surface area contributed by atoms with Crippen LogP contribution < -0.4 is 5.32 Å². The van der Waals surface area contributed by atoms with Crippen LogP contribution in [0.5, 0.6) is 0 Å². The molecular weight excluding hydrogens is 444 g/mol. The Balaban J connectivity index is 1.39. The maximum Gasteiger partial charge on any atom is 0.327 e. The molecule has 8 nitrogen and oxygen atoms in total. The van der Waals surface area contributed by atoms with Crippen molar-refractivity contribution < 1.29 is 19.1 Å². The summed E-state index contributed by atoms with van der Waals surface area (Å²) in [6.45, 7) is 2.72. The smallest absolute Gasteiger partial charge is 0.327 e. The first-order valence-corrected chi connectivity index (χ1v) is 12.3. The van der Waals surface area contributed by atoms with Crippen LogP contribution in [-0.4, -0.2) is 78.1 Å². The van der Waals surface area contributed by atoms with Crippen molar-refractivity contribution in [3.63, 3.8) is 0 Å². The summed E-state index contributed by atoms with van der Waals surface area (Å²) in [7, 11) is 1.38. The fourth-order valence-electron chi connectivity index (χ4n) is 5.30. The molecule has 1 aliphatic carbocycles. The van der Waals surface area contributed by atoms with Crippen LogP contribution in [-0.2, 0) is 14.3 Å². The number of carbonyl (C=O) groups excluding carboxylic acids is 3. The molecule has 2 heterocycles. The van der Waals surface area contributed by atoms with Gasteiger partial charge < -0.3 is 10.1 Å². The normalized spacial score (nSPS) is 23.2. The summed E-state index contributed by atoms with van der Waals surface area (Å²) in [4.78, 5) is 44.1. The van der Waals surface area contributed by atoms with Crippen LogP contribution in [0, 0.1) is 0 Å². The zero-order chi connectivity index (χ0) is 23.4. The minimum atomic E-state index is -0.723. The molecule has 0 radical (unpaired) electrons. The first kappa shape index (κ1) is 24.0. The summed E-state index contributed by atoms with van der Waals surface area (Å²) in [5.74, 6) is -0.433. The SMILES string of the molecule is COC(=O)[C@@H](c1ccccc1Cl)N1CCN(CN2C(=O)NC3(CCCCCCC3)C2=O)CC1. The first-order chi connectivity index (χ1) is 15.9. The first-order valence-electron chi connectivity index (χ1n) is 11.9. The van der Waals surface area contributed by atoms with Gasteiger partial charge in [0.2, 0.25) is 0 Å². The van der Waals surface area contributed by atoms with Gasteiger partial charge in [-0.3, -0.25) is 14.6 Å². The number of rotatable bonds is 5. The van der Waals surface area contributed by atoms with E-state index in [9.17, 15) is 14.4 Å². The summed E-state index contributed by atoms with van der Waals surface area (Å²) < 4.78 is 5.06. The predicted octanol–water partition coefficient (Wildman–Crippen LogP) is 3.16. The molecule has 180 valence electrons. The highest BCUT2D eigenvalue weighted by atomic mass is 35.5. The van der Waals surface area contributed by atoms with Gasteiger partial charge in [-0.2, -0.15) is 0 Å². The maximum atomic E-state index is 13.3. The zero-order valence-corrected chi connectivity index (χ0v) is 20.0. The van der Waals surface area contributed by atoms with Crippen molar-refractivity contribution in [3.8, 4) is 0 Å². The second-order valence-corrected chi connectivity index (χ2v) is 9.66. The summed E-state index contributed by atoms with van der Waals surface area (Å²) >= 11 is 6.37. The average molecular weight is 477 g/mol. The number of nitrogens with zero attached hydrogens (tertiary/aromatic N) is 3. The molecule has 33 heavy (non-hydrogen) atoms. The third-order valence-electron chi connectivity index (χ3n) is 7.19. The van der Waals surface area contributed by atoms with Crippen LogP contribution in [0.25, 0.3) is 0 Å². The van der Waals surface area contributed by atoms with Gasteiger partial charge in [-0.1, -0.05) is 61.9 Å². The summed E-state index contributed by atoms with van der Waals surface area (Å²) in [6.07, 6.45) is 6.80. The lowest BCUT2D eigenvalue weighted by Gasteiger charge is -2.39. The second kappa shape index (κ2) is 10.4. The Bertz CT molecular complexity index is 879. The number of esters is 1. The van der Waals surface area contributed by atoms with E-state index in [4.69, 9.17) is 16.3 Å². The van der Waals surface area contributed by atoms with Crippen molar-refractivity contribution in [2.45, 2.75) is 56.5 Å². The van der Waals surface area contributed by atoms with Crippen LogP contribution >= 0.6 is 11.6 Å². The molecule has 0 unspecified atom stereocenters. The Morgan fingerprint density at radius 3 is 2.33 bits per heavy atom. The highest BCUT2D eigenvalue weighted by Gasteiger charge is 2.50. The topological polar surface area (TPSA) is 82.2 Å². The number of hydrogen-bond acceptors (Lipinski definition) is 6. The van der Waals surface area contributed by atoms with Crippen LogP contribution in [0.3, 0.4) is 0 Å². The molecule has 1 N–H and O–H groups in total. The van der Waals surface area contributed by atoms with Gasteiger partial charge >= 0.3 is 12.0 Å². The highest BCUT2D eigenvalue weighted by molar-refractivity contribution is 6.31. The number of methoxy groups -OCH3 is 1. The Hall–Kier alpha value is -2.16. The highest BCUT2D eigenvalue weighted by Crippen LogP contribution is 2.33. The van der Waals surface area contributed by atoms with Gasteiger partial charge in [-0.15, -0.1) is 0 Å². The number of carbonyl (C=O) groups is 3. The molecule has 1 aromatic carbocycles. The number of urea groups is 1. The van der Waals surface area contributed by atoms with E-state index in [0.717, 1.165) is 44.1 Å². The lowest BCUT2D eigenvalue weighted by atomic mass is 9.84. The number of piperazine rings is 1. The minimum absolute atomic E-state index is 0.0830. The van der Waals surface area contributed by atoms with Gasteiger partial charge in [0.25, 0.3) is 5.91 Å². The number of amides is 3. The lowest BCUT2D eigenvalue weighted by molar-refractivity contribution is -0.148. The molecule has 1 atom stereocenters. The number of ether oxygens (including phenoxy) is 1. The zero-order valence-electron chi connectivity index (χ0n) is 19.2. The Labute approximate surface area is 200 Å². The lowest BCUT2D eigenvalue weighted by Crippen LogP contribution is -2.53. The van der Waals surface area contributed by atoms with Crippen LogP contribution in [0.1, 0.15) is 56.6 Å². The van der Waals surface area contributed by atoms with E-state index in [0.29, 0.717) is 31.2 Å².